The summed E-state index contributed by atoms with van der Waals surface area (Å²) < 4.78 is 0. The first kappa shape index (κ1) is 12.0. The van der Waals surface area contributed by atoms with E-state index in [1.807, 2.05) is 0 Å². The molecule has 0 bridgehead atoms. The maximum absolute atomic E-state index is 3.49. The second-order valence-electron chi connectivity index (χ2n) is 6.44. The van der Waals surface area contributed by atoms with Gasteiger partial charge in [-0.05, 0) is 70.0 Å². The van der Waals surface area contributed by atoms with Crippen LogP contribution in [0.1, 0.15) is 51.4 Å². The van der Waals surface area contributed by atoms with Crippen molar-refractivity contribution in [1.29, 1.82) is 0 Å². The Morgan fingerprint density at radius 2 is 1.65 bits per heavy atom. The van der Waals surface area contributed by atoms with Gasteiger partial charge in [0, 0.05) is 12.6 Å². The van der Waals surface area contributed by atoms with Crippen molar-refractivity contribution in [3.05, 3.63) is 0 Å². The molecule has 17 heavy (non-hydrogen) atoms. The molecule has 0 spiro atoms. The number of hydrogen-bond donors (Lipinski definition) is 1. The quantitative estimate of drug-likeness (QED) is 0.793. The molecule has 0 amide bonds. The van der Waals surface area contributed by atoms with Crippen molar-refractivity contribution >= 4 is 0 Å². The van der Waals surface area contributed by atoms with Crippen molar-refractivity contribution < 1.29 is 0 Å². The number of nitrogens with one attached hydrogen (secondary N) is 1. The number of rotatable bonds is 2. The maximum atomic E-state index is 3.49. The van der Waals surface area contributed by atoms with Gasteiger partial charge >= 0.3 is 0 Å². The minimum absolute atomic E-state index is 0.965. The van der Waals surface area contributed by atoms with Gasteiger partial charge in [-0.15, -0.1) is 0 Å². The molecule has 2 nitrogen and oxygen atoms in total. The molecule has 1 saturated carbocycles. The highest BCUT2D eigenvalue weighted by molar-refractivity contribution is 4.88. The van der Waals surface area contributed by atoms with Gasteiger partial charge in [0.15, 0.2) is 0 Å². The highest BCUT2D eigenvalue weighted by Gasteiger charge is 2.34. The van der Waals surface area contributed by atoms with Crippen molar-refractivity contribution in [2.45, 2.75) is 57.4 Å². The predicted molar refractivity (Wildman–Crippen MR) is 72.1 cm³/mol. The highest BCUT2D eigenvalue weighted by Crippen LogP contribution is 2.35. The molecule has 3 aliphatic rings. The number of piperidine rings is 2. The molecule has 2 heterocycles. The summed E-state index contributed by atoms with van der Waals surface area (Å²) in [6.45, 7) is 5.31. The lowest BCUT2D eigenvalue weighted by molar-refractivity contribution is 0.0439. The predicted octanol–water partition coefficient (Wildman–Crippen LogP) is 2.64. The zero-order valence-electron chi connectivity index (χ0n) is 11.2. The van der Waals surface area contributed by atoms with Gasteiger partial charge in [0.25, 0.3) is 0 Å². The third-order valence-corrected chi connectivity index (χ3v) is 5.31. The number of likely N-dealkylation sites (tertiary alicyclic amines) is 1. The van der Waals surface area contributed by atoms with Crippen molar-refractivity contribution in [2.24, 2.45) is 11.8 Å². The van der Waals surface area contributed by atoms with Gasteiger partial charge in [-0.1, -0.05) is 12.8 Å². The highest BCUT2D eigenvalue weighted by atomic mass is 15.2. The van der Waals surface area contributed by atoms with E-state index >= 15 is 0 Å². The molecule has 1 aliphatic carbocycles. The van der Waals surface area contributed by atoms with E-state index in [1.54, 1.807) is 0 Å². The Morgan fingerprint density at radius 1 is 0.882 bits per heavy atom. The molecule has 0 aromatic rings. The van der Waals surface area contributed by atoms with Gasteiger partial charge in [-0.25, -0.2) is 0 Å². The van der Waals surface area contributed by atoms with Crippen LogP contribution in [0.5, 0.6) is 0 Å². The van der Waals surface area contributed by atoms with Gasteiger partial charge < -0.3 is 5.32 Å². The summed E-state index contributed by atoms with van der Waals surface area (Å²) >= 11 is 0. The second-order valence-corrected chi connectivity index (χ2v) is 6.44. The van der Waals surface area contributed by atoms with E-state index in [0.717, 1.165) is 17.9 Å². The average molecular weight is 236 g/mol. The molecule has 0 aromatic heterocycles. The van der Waals surface area contributed by atoms with E-state index < -0.39 is 0 Å². The van der Waals surface area contributed by atoms with E-state index in [1.165, 1.54) is 77.5 Å². The monoisotopic (exact) mass is 236 g/mol. The fourth-order valence-corrected chi connectivity index (χ4v) is 4.35. The first-order chi connectivity index (χ1) is 8.43. The van der Waals surface area contributed by atoms with Gasteiger partial charge in [0.2, 0.25) is 0 Å². The summed E-state index contributed by atoms with van der Waals surface area (Å²) in [5, 5.41) is 3.49. The topological polar surface area (TPSA) is 15.3 Å². The molecular formula is C15H28N2. The van der Waals surface area contributed by atoms with Crippen LogP contribution in [-0.4, -0.2) is 37.1 Å². The molecule has 2 heteroatoms. The summed E-state index contributed by atoms with van der Waals surface area (Å²) in [5.74, 6) is 2.04. The average Bonchev–Trinajstić information content (AvgIpc) is 2.40. The molecule has 3 rings (SSSR count). The van der Waals surface area contributed by atoms with E-state index in [0.29, 0.717) is 0 Å². The number of nitrogens with zero attached hydrogens (tertiary/aromatic N) is 1. The van der Waals surface area contributed by atoms with Crippen molar-refractivity contribution in [3.8, 4) is 0 Å². The Balaban J connectivity index is 1.56. The standard InChI is InChI=1S/C15H28N2/c1-2-6-15-14(4-1)5-3-11-17(15)12-13-7-9-16-10-8-13/h13-16H,1-12H2/t14-,15-/m1/s1. The van der Waals surface area contributed by atoms with Gasteiger partial charge in [0.05, 0.1) is 0 Å². The zero-order valence-corrected chi connectivity index (χ0v) is 11.2. The van der Waals surface area contributed by atoms with Crippen molar-refractivity contribution in [3.63, 3.8) is 0 Å². The molecule has 0 aromatic carbocycles. The van der Waals surface area contributed by atoms with Crippen LogP contribution in [0.3, 0.4) is 0 Å². The van der Waals surface area contributed by atoms with E-state index in [9.17, 15) is 0 Å². The molecule has 2 saturated heterocycles. The summed E-state index contributed by atoms with van der Waals surface area (Å²) in [6, 6.07) is 0.965. The maximum Gasteiger partial charge on any atom is 0.0124 e. The zero-order chi connectivity index (χ0) is 11.5. The Bertz CT molecular complexity index is 233. The third-order valence-electron chi connectivity index (χ3n) is 5.31. The fraction of sp³-hybridized carbons (Fsp3) is 1.00. The Labute approximate surface area is 106 Å². The Kier molecular flexibility index (Phi) is 4.02. The molecule has 2 atom stereocenters. The van der Waals surface area contributed by atoms with E-state index in [-0.39, 0.29) is 0 Å². The summed E-state index contributed by atoms with van der Waals surface area (Å²) in [5.41, 5.74) is 0. The lowest BCUT2D eigenvalue weighted by atomic mass is 9.78. The normalized spacial score (nSPS) is 36.7. The molecule has 98 valence electrons. The lowest BCUT2D eigenvalue weighted by Gasteiger charge is -2.45. The van der Waals surface area contributed by atoms with Crippen LogP contribution in [0.15, 0.2) is 0 Å². The van der Waals surface area contributed by atoms with Crippen molar-refractivity contribution in [1.82, 2.24) is 10.2 Å². The lowest BCUT2D eigenvalue weighted by Crippen LogP contribution is -2.49. The summed E-state index contributed by atoms with van der Waals surface area (Å²) in [6.07, 6.45) is 11.8. The van der Waals surface area contributed by atoms with Crippen LogP contribution in [0.4, 0.5) is 0 Å². The summed E-state index contributed by atoms with van der Waals surface area (Å²) in [7, 11) is 0. The molecular weight excluding hydrogens is 208 g/mol. The van der Waals surface area contributed by atoms with E-state index in [4.69, 9.17) is 0 Å². The van der Waals surface area contributed by atoms with Crippen LogP contribution >= 0.6 is 0 Å². The second kappa shape index (κ2) is 5.71. The number of fused-ring (bicyclic) bond motifs is 1. The van der Waals surface area contributed by atoms with Crippen LogP contribution in [0.2, 0.25) is 0 Å². The van der Waals surface area contributed by atoms with Gasteiger partial charge in [0.1, 0.15) is 0 Å². The molecule has 1 N–H and O–H groups in total. The third kappa shape index (κ3) is 2.85. The van der Waals surface area contributed by atoms with Gasteiger partial charge in [-0.3, -0.25) is 4.90 Å². The molecule has 3 fully saturated rings. The smallest absolute Gasteiger partial charge is 0.0124 e. The summed E-state index contributed by atoms with van der Waals surface area (Å²) in [4.78, 5) is 2.88. The van der Waals surface area contributed by atoms with Crippen LogP contribution < -0.4 is 5.32 Å². The fourth-order valence-electron chi connectivity index (χ4n) is 4.35. The van der Waals surface area contributed by atoms with Crippen LogP contribution in [0.25, 0.3) is 0 Å². The first-order valence-electron chi connectivity index (χ1n) is 7.88. The van der Waals surface area contributed by atoms with Crippen molar-refractivity contribution in [2.75, 3.05) is 26.2 Å². The van der Waals surface area contributed by atoms with Crippen LogP contribution in [0, 0.1) is 11.8 Å². The molecule has 2 aliphatic heterocycles. The minimum Gasteiger partial charge on any atom is -0.317 e. The molecule has 0 radical (unpaired) electrons. The SMILES string of the molecule is C1CC[C@@H]2[C@H](C1)CCCN2CC1CCNCC1. The van der Waals surface area contributed by atoms with E-state index in [2.05, 4.69) is 10.2 Å². The minimum atomic E-state index is 0.965. The first-order valence-corrected chi connectivity index (χ1v) is 7.88. The van der Waals surface area contributed by atoms with Gasteiger partial charge in [-0.2, -0.15) is 0 Å². The molecule has 0 unspecified atom stereocenters. The largest absolute Gasteiger partial charge is 0.317 e. The van der Waals surface area contributed by atoms with Crippen LogP contribution in [-0.2, 0) is 0 Å². The Hall–Kier alpha value is -0.0800. The Morgan fingerprint density at radius 3 is 2.53 bits per heavy atom. The number of hydrogen-bond acceptors (Lipinski definition) is 2.